The van der Waals surface area contributed by atoms with Crippen molar-refractivity contribution in [3.05, 3.63) is 28.3 Å². The molecule has 0 fully saturated rings. The second kappa shape index (κ2) is 6.57. The van der Waals surface area contributed by atoms with Crippen LogP contribution in [0.4, 0.5) is 0 Å². The van der Waals surface area contributed by atoms with Crippen molar-refractivity contribution in [2.75, 3.05) is 6.61 Å². The molecule has 0 saturated carbocycles. The molecule has 0 aliphatic carbocycles. The zero-order valence-electron chi connectivity index (χ0n) is 10.7. The SMILES string of the molecule is C#CCC(C)c1cc(Cl)c(C)cc1OCCC. The summed E-state index contributed by atoms with van der Waals surface area (Å²) in [6.07, 6.45) is 7.05. The molecule has 1 nitrogen and oxygen atoms in total. The molecule has 1 aromatic rings. The molecule has 0 N–H and O–H groups in total. The van der Waals surface area contributed by atoms with E-state index >= 15 is 0 Å². The van der Waals surface area contributed by atoms with Crippen molar-refractivity contribution in [3.8, 4) is 18.1 Å². The largest absolute Gasteiger partial charge is 0.493 e. The van der Waals surface area contributed by atoms with E-state index in [1.54, 1.807) is 0 Å². The smallest absolute Gasteiger partial charge is 0.123 e. The summed E-state index contributed by atoms with van der Waals surface area (Å²) in [7, 11) is 0. The first kappa shape index (κ1) is 13.9. The molecule has 0 amide bonds. The molecular formula is C15H19ClO. The number of halogens is 1. The highest BCUT2D eigenvalue weighted by atomic mass is 35.5. The summed E-state index contributed by atoms with van der Waals surface area (Å²) in [5.74, 6) is 3.87. The summed E-state index contributed by atoms with van der Waals surface area (Å²) in [6, 6.07) is 3.98. The van der Waals surface area contributed by atoms with Crippen molar-refractivity contribution < 1.29 is 4.74 Å². The Bertz CT molecular complexity index is 418. The quantitative estimate of drug-likeness (QED) is 0.696. The molecule has 17 heavy (non-hydrogen) atoms. The zero-order valence-corrected chi connectivity index (χ0v) is 11.5. The van der Waals surface area contributed by atoms with Gasteiger partial charge in [-0.25, -0.2) is 0 Å². The molecular weight excluding hydrogens is 232 g/mol. The van der Waals surface area contributed by atoms with Crippen molar-refractivity contribution >= 4 is 11.6 Å². The molecule has 1 atom stereocenters. The van der Waals surface area contributed by atoms with Crippen LogP contribution in [0.25, 0.3) is 0 Å². The van der Waals surface area contributed by atoms with E-state index in [0.29, 0.717) is 6.42 Å². The summed E-state index contributed by atoms with van der Waals surface area (Å²) in [5.41, 5.74) is 2.14. The molecule has 92 valence electrons. The van der Waals surface area contributed by atoms with Gasteiger partial charge < -0.3 is 4.74 Å². The van der Waals surface area contributed by atoms with Crippen molar-refractivity contribution in [3.63, 3.8) is 0 Å². The maximum atomic E-state index is 6.16. The highest BCUT2D eigenvalue weighted by molar-refractivity contribution is 6.31. The first-order valence-corrected chi connectivity index (χ1v) is 6.34. The fraction of sp³-hybridized carbons (Fsp3) is 0.467. The van der Waals surface area contributed by atoms with E-state index in [1.807, 2.05) is 19.1 Å². The molecule has 2 heteroatoms. The van der Waals surface area contributed by atoms with Gasteiger partial charge in [0.15, 0.2) is 0 Å². The number of rotatable bonds is 5. The number of aryl methyl sites for hydroxylation is 1. The maximum Gasteiger partial charge on any atom is 0.123 e. The first-order valence-electron chi connectivity index (χ1n) is 5.96. The third-order valence-corrected chi connectivity index (χ3v) is 3.11. The van der Waals surface area contributed by atoms with Crippen LogP contribution in [0.2, 0.25) is 5.02 Å². The summed E-state index contributed by atoms with van der Waals surface area (Å²) >= 11 is 6.16. The second-order valence-electron chi connectivity index (χ2n) is 4.30. The van der Waals surface area contributed by atoms with Crippen molar-refractivity contribution in [1.82, 2.24) is 0 Å². The van der Waals surface area contributed by atoms with Gasteiger partial charge in [-0.1, -0.05) is 25.4 Å². The standard InChI is InChI=1S/C15H19ClO/c1-5-7-11(3)13-10-14(16)12(4)9-15(13)17-8-6-2/h1,9-11H,6-8H2,2-4H3. The minimum Gasteiger partial charge on any atom is -0.493 e. The van der Waals surface area contributed by atoms with Gasteiger partial charge in [0.25, 0.3) is 0 Å². The lowest BCUT2D eigenvalue weighted by molar-refractivity contribution is 0.312. The Morgan fingerprint density at radius 2 is 2.18 bits per heavy atom. The fourth-order valence-electron chi connectivity index (χ4n) is 1.68. The Labute approximate surface area is 109 Å². The van der Waals surface area contributed by atoms with Crippen LogP contribution in [0, 0.1) is 19.3 Å². The van der Waals surface area contributed by atoms with Gasteiger partial charge in [-0.15, -0.1) is 12.3 Å². The highest BCUT2D eigenvalue weighted by Gasteiger charge is 2.13. The van der Waals surface area contributed by atoms with Gasteiger partial charge in [-0.3, -0.25) is 0 Å². The van der Waals surface area contributed by atoms with Crippen LogP contribution < -0.4 is 4.74 Å². The maximum absolute atomic E-state index is 6.16. The van der Waals surface area contributed by atoms with Gasteiger partial charge >= 0.3 is 0 Å². The predicted octanol–water partition coefficient (Wildman–Crippen LogP) is 4.56. The lowest BCUT2D eigenvalue weighted by Crippen LogP contribution is -2.02. The summed E-state index contributed by atoms with van der Waals surface area (Å²) in [6.45, 7) is 6.89. The number of ether oxygens (including phenoxy) is 1. The van der Waals surface area contributed by atoms with Crippen LogP contribution in [0.3, 0.4) is 0 Å². The lowest BCUT2D eigenvalue weighted by Gasteiger charge is -2.17. The molecule has 0 heterocycles. The number of hydrogen-bond donors (Lipinski definition) is 0. The van der Waals surface area contributed by atoms with Gasteiger partial charge in [0, 0.05) is 11.4 Å². The molecule has 0 aliphatic rings. The fourth-order valence-corrected chi connectivity index (χ4v) is 1.85. The molecule has 1 unspecified atom stereocenters. The van der Waals surface area contributed by atoms with Crippen LogP contribution in [0.1, 0.15) is 43.7 Å². The summed E-state index contributed by atoms with van der Waals surface area (Å²) in [4.78, 5) is 0. The average Bonchev–Trinajstić information content (AvgIpc) is 2.30. The topological polar surface area (TPSA) is 9.23 Å². The third-order valence-electron chi connectivity index (χ3n) is 2.71. The summed E-state index contributed by atoms with van der Waals surface area (Å²) < 4.78 is 5.76. The van der Waals surface area contributed by atoms with Crippen molar-refractivity contribution in [2.24, 2.45) is 0 Å². The van der Waals surface area contributed by atoms with Gasteiger partial charge in [-0.2, -0.15) is 0 Å². The zero-order chi connectivity index (χ0) is 12.8. The Balaban J connectivity index is 3.07. The Kier molecular flexibility index (Phi) is 5.38. The molecule has 0 saturated heterocycles. The third kappa shape index (κ3) is 3.68. The van der Waals surface area contributed by atoms with Crippen LogP contribution >= 0.6 is 11.6 Å². The van der Waals surface area contributed by atoms with Crippen molar-refractivity contribution in [1.29, 1.82) is 0 Å². The minimum absolute atomic E-state index is 0.268. The number of terminal acetylenes is 1. The number of benzene rings is 1. The van der Waals surface area contributed by atoms with Crippen LogP contribution in [0.5, 0.6) is 5.75 Å². The molecule has 0 spiro atoms. The van der Waals surface area contributed by atoms with Crippen LogP contribution in [0.15, 0.2) is 12.1 Å². The first-order chi connectivity index (χ1) is 8.10. The Hall–Kier alpha value is -1.13. The van der Waals surface area contributed by atoms with E-state index in [4.69, 9.17) is 22.8 Å². The molecule has 0 aromatic heterocycles. The van der Waals surface area contributed by atoms with E-state index in [2.05, 4.69) is 19.8 Å². The van der Waals surface area contributed by atoms with E-state index in [9.17, 15) is 0 Å². The number of hydrogen-bond acceptors (Lipinski definition) is 1. The van der Waals surface area contributed by atoms with E-state index in [1.165, 1.54) is 0 Å². The molecule has 0 aliphatic heterocycles. The van der Waals surface area contributed by atoms with E-state index < -0.39 is 0 Å². The highest BCUT2D eigenvalue weighted by Crippen LogP contribution is 2.33. The monoisotopic (exact) mass is 250 g/mol. The molecule has 1 aromatic carbocycles. The van der Waals surface area contributed by atoms with Gasteiger partial charge in [0.2, 0.25) is 0 Å². The van der Waals surface area contributed by atoms with E-state index in [0.717, 1.165) is 34.9 Å². The lowest BCUT2D eigenvalue weighted by atomic mass is 9.96. The molecule has 0 radical (unpaired) electrons. The van der Waals surface area contributed by atoms with E-state index in [-0.39, 0.29) is 5.92 Å². The molecule has 1 rings (SSSR count). The van der Waals surface area contributed by atoms with Gasteiger partial charge in [-0.05, 0) is 42.5 Å². The minimum atomic E-state index is 0.268. The van der Waals surface area contributed by atoms with Gasteiger partial charge in [0.1, 0.15) is 5.75 Å². The average molecular weight is 251 g/mol. The van der Waals surface area contributed by atoms with Gasteiger partial charge in [0.05, 0.1) is 6.61 Å². The Morgan fingerprint density at radius 1 is 1.47 bits per heavy atom. The molecule has 0 bridgehead atoms. The van der Waals surface area contributed by atoms with Crippen molar-refractivity contribution in [2.45, 2.75) is 39.5 Å². The normalized spacial score (nSPS) is 11.9. The van der Waals surface area contributed by atoms with Crippen LogP contribution in [-0.4, -0.2) is 6.61 Å². The second-order valence-corrected chi connectivity index (χ2v) is 4.70. The predicted molar refractivity (Wildman–Crippen MR) is 73.8 cm³/mol. The summed E-state index contributed by atoms with van der Waals surface area (Å²) in [5, 5.41) is 0.771. The van der Waals surface area contributed by atoms with Crippen LogP contribution in [-0.2, 0) is 0 Å². The Morgan fingerprint density at radius 3 is 2.76 bits per heavy atom.